The van der Waals surface area contributed by atoms with Gasteiger partial charge in [0.05, 0.1) is 47.7 Å². The molecule has 364 valence electrons. The van der Waals surface area contributed by atoms with Crippen LogP contribution in [0.15, 0.2) is 17.3 Å². The maximum Gasteiger partial charge on any atom is 0.408 e. The molecule has 2 bridgehead atoms. The fourth-order valence-corrected chi connectivity index (χ4v) is 11.3. The van der Waals surface area contributed by atoms with Crippen molar-refractivity contribution in [2.45, 2.75) is 219 Å². The van der Waals surface area contributed by atoms with Gasteiger partial charge in [-0.2, -0.15) is 0 Å². The summed E-state index contributed by atoms with van der Waals surface area (Å²) in [4.78, 5) is 29.8. The number of aliphatic hydroxyl groups is 2. The van der Waals surface area contributed by atoms with Gasteiger partial charge in [-0.15, -0.1) is 0 Å². The number of likely N-dealkylation sites (N-methyl/N-ethyl adjacent to an activating group) is 1. The third-order valence-corrected chi connectivity index (χ3v) is 15.0. The largest absolute Gasteiger partial charge is 0.459 e. The second kappa shape index (κ2) is 21.1. The minimum Gasteiger partial charge on any atom is -0.459 e. The number of rotatable bonds is 8. The first-order valence-corrected chi connectivity index (χ1v) is 23.4. The first kappa shape index (κ1) is 53.2. The minimum absolute atomic E-state index is 0.174. The van der Waals surface area contributed by atoms with Gasteiger partial charge in [-0.25, -0.2) is 4.79 Å². The van der Waals surface area contributed by atoms with Crippen LogP contribution in [-0.2, 0) is 38.0 Å². The van der Waals surface area contributed by atoms with Crippen LogP contribution in [0.25, 0.3) is 0 Å². The van der Waals surface area contributed by atoms with Crippen molar-refractivity contribution >= 4 is 17.8 Å². The Morgan fingerprint density at radius 3 is 2.24 bits per heavy atom. The summed E-state index contributed by atoms with van der Waals surface area (Å²) in [6.45, 7) is 29.1. The Bertz CT molecular complexity index is 1590. The van der Waals surface area contributed by atoms with E-state index in [0.29, 0.717) is 50.7 Å². The zero-order chi connectivity index (χ0) is 47.6. The molecule has 4 aliphatic rings. The monoisotopic (exact) mass is 896 g/mol. The molecule has 3 heterocycles. The van der Waals surface area contributed by atoms with Crippen molar-refractivity contribution in [2.75, 3.05) is 21.2 Å². The lowest BCUT2D eigenvalue weighted by Gasteiger charge is -2.51. The van der Waals surface area contributed by atoms with E-state index in [1.165, 1.54) is 0 Å². The molecule has 0 aromatic heterocycles. The Kier molecular flexibility index (Phi) is 17.8. The van der Waals surface area contributed by atoms with Crippen LogP contribution >= 0.6 is 0 Å². The summed E-state index contributed by atoms with van der Waals surface area (Å²) in [7, 11) is 5.44. The molecule has 63 heavy (non-hydrogen) atoms. The number of fused-ring (bicyclic) bond motifs is 5. The number of methoxy groups -OCH3 is 1. The fourth-order valence-electron chi connectivity index (χ4n) is 11.3. The second-order valence-corrected chi connectivity index (χ2v) is 21.5. The van der Waals surface area contributed by atoms with Crippen molar-refractivity contribution in [2.24, 2.45) is 40.2 Å². The standard InChI is InChI=1S/C48H85N3O12/c1-18-35-48(14,55)33-20-19-26(2)21-22-46(12,24-27(3)37(50-56)29(33)5)41(62-43-38(52)34(51(15)16)23-28(4)58-43)30(6)39(31(7)42(53)60-35)61-36-25-47(13,57-17)40(32(8)59-36)49-44(54)63-45(9,10)11/h27-36,38-41,43,52,55-56H,2,18-25H2,1,3-17H3,(H,49,54)/b50-37-/t27-,28-,29-,30+,31-,32+,33-,34+,35-,36+,38-,39+,40-,41-,43+,46-,47-,48+/m1/s1. The van der Waals surface area contributed by atoms with Crippen LogP contribution in [0.5, 0.6) is 0 Å². The third kappa shape index (κ3) is 12.4. The van der Waals surface area contributed by atoms with E-state index >= 15 is 0 Å². The van der Waals surface area contributed by atoms with Crippen LogP contribution in [0.1, 0.15) is 141 Å². The van der Waals surface area contributed by atoms with Crippen LogP contribution in [0, 0.1) is 35.0 Å². The molecule has 18 atom stereocenters. The molecule has 1 saturated carbocycles. The SMILES string of the molecule is C=C1CC[C@@H]2[C@@H](C)/C(=N\O)[C@H](C)C[C@@](C)(CC1)[C@H](O[C@@H]1O[C@H](C)C[C@H](N(C)C)[C@H]1O)[C@@H](C)[C@H](O[C@H]1C[C@@](C)(OC)[C@H](NC(=O)OC(C)(C)C)[C@H](C)O1)[C@@H](C)C(=O)O[C@H](CC)[C@@]2(C)O. The number of hydrogen-bond donors (Lipinski definition) is 4. The summed E-state index contributed by atoms with van der Waals surface area (Å²) >= 11 is 0. The van der Waals surface area contributed by atoms with Gasteiger partial charge in [0.1, 0.15) is 23.4 Å². The van der Waals surface area contributed by atoms with Crippen LogP contribution in [0.2, 0.25) is 0 Å². The predicted octanol–water partition coefficient (Wildman–Crippen LogP) is 7.22. The number of ether oxygens (including phenoxy) is 7. The normalized spacial score (nSPS) is 44.6. The molecule has 0 unspecified atom stereocenters. The number of carbonyl (C=O) groups excluding carboxylic acids is 2. The summed E-state index contributed by atoms with van der Waals surface area (Å²) in [6, 6.07) is -0.866. The van der Waals surface area contributed by atoms with Crippen LogP contribution in [0.3, 0.4) is 0 Å². The second-order valence-electron chi connectivity index (χ2n) is 21.5. The third-order valence-electron chi connectivity index (χ3n) is 15.0. The molecule has 3 saturated heterocycles. The smallest absolute Gasteiger partial charge is 0.408 e. The average molecular weight is 896 g/mol. The highest BCUT2D eigenvalue weighted by atomic mass is 16.7. The van der Waals surface area contributed by atoms with Crippen molar-refractivity contribution in [3.05, 3.63) is 12.2 Å². The molecule has 0 aromatic carbocycles. The predicted molar refractivity (Wildman–Crippen MR) is 240 cm³/mol. The van der Waals surface area contributed by atoms with Crippen molar-refractivity contribution in [1.29, 1.82) is 0 Å². The molecular formula is C48H85N3O12. The molecule has 4 N–H and O–H groups in total. The number of nitrogens with one attached hydrogen (secondary N) is 1. The Morgan fingerprint density at radius 1 is 1.02 bits per heavy atom. The summed E-state index contributed by atoms with van der Waals surface area (Å²) in [5.74, 6) is -3.21. The highest BCUT2D eigenvalue weighted by Crippen LogP contribution is 2.48. The number of esters is 1. The van der Waals surface area contributed by atoms with Gasteiger partial charge in [0, 0.05) is 31.4 Å². The lowest BCUT2D eigenvalue weighted by Crippen LogP contribution is -2.64. The van der Waals surface area contributed by atoms with E-state index in [9.17, 15) is 25.0 Å². The number of cyclic esters (lactones) is 1. The van der Waals surface area contributed by atoms with Crippen LogP contribution in [0.4, 0.5) is 4.79 Å². The Labute approximate surface area is 378 Å². The topological polar surface area (TPSA) is 187 Å². The molecule has 0 radical (unpaired) electrons. The number of oxime groups is 1. The summed E-state index contributed by atoms with van der Waals surface area (Å²) < 4.78 is 45.5. The van der Waals surface area contributed by atoms with E-state index in [4.69, 9.17) is 33.2 Å². The average Bonchev–Trinajstić information content (AvgIpc) is 3.19. The molecule has 15 heteroatoms. The molecule has 0 aromatic rings. The molecule has 1 amide bonds. The van der Waals surface area contributed by atoms with E-state index in [1.807, 2.05) is 67.5 Å². The lowest BCUT2D eigenvalue weighted by molar-refractivity contribution is -0.306. The fraction of sp³-hybridized carbons (Fsp3) is 0.896. The minimum atomic E-state index is -1.51. The van der Waals surface area contributed by atoms with Crippen molar-refractivity contribution in [3.8, 4) is 0 Å². The summed E-state index contributed by atoms with van der Waals surface area (Å²) in [5.41, 5.74) is -2.40. The number of hydrogen-bond acceptors (Lipinski definition) is 14. The van der Waals surface area contributed by atoms with Crippen molar-refractivity contribution in [1.82, 2.24) is 10.2 Å². The van der Waals surface area contributed by atoms with E-state index in [-0.39, 0.29) is 24.5 Å². The quantitative estimate of drug-likeness (QED) is 0.0829. The van der Waals surface area contributed by atoms with Gasteiger partial charge < -0.3 is 58.8 Å². The Morgan fingerprint density at radius 2 is 1.67 bits per heavy atom. The van der Waals surface area contributed by atoms with Crippen LogP contribution < -0.4 is 5.32 Å². The highest BCUT2D eigenvalue weighted by molar-refractivity contribution is 5.88. The number of aliphatic hydroxyl groups excluding tert-OH is 1. The van der Waals surface area contributed by atoms with E-state index in [2.05, 4.69) is 24.0 Å². The first-order chi connectivity index (χ1) is 29.1. The van der Waals surface area contributed by atoms with Gasteiger partial charge >= 0.3 is 12.1 Å². The molecule has 0 spiro atoms. The molecule has 3 aliphatic heterocycles. The van der Waals surface area contributed by atoms with Gasteiger partial charge in [0.15, 0.2) is 12.6 Å². The lowest BCUT2D eigenvalue weighted by atomic mass is 9.65. The van der Waals surface area contributed by atoms with Gasteiger partial charge in [0.25, 0.3) is 0 Å². The van der Waals surface area contributed by atoms with E-state index in [0.717, 1.165) is 5.57 Å². The maximum atomic E-state index is 14.8. The number of nitrogens with zero attached hydrogens (tertiary/aromatic N) is 2. The zero-order valence-corrected chi connectivity index (χ0v) is 41.4. The van der Waals surface area contributed by atoms with E-state index < -0.39 is 107 Å². The Balaban J connectivity index is 1.92. The number of amides is 1. The van der Waals surface area contributed by atoms with Gasteiger partial charge in [-0.05, 0) is 132 Å². The molecule has 15 nitrogen and oxygen atoms in total. The highest BCUT2D eigenvalue weighted by Gasteiger charge is 2.54. The number of allylic oxidation sites excluding steroid dienone is 1. The first-order valence-electron chi connectivity index (χ1n) is 23.4. The molecule has 1 aliphatic carbocycles. The molecule has 4 fully saturated rings. The summed E-state index contributed by atoms with van der Waals surface area (Å²) in [5, 5.41) is 42.2. The zero-order valence-electron chi connectivity index (χ0n) is 41.4. The van der Waals surface area contributed by atoms with Crippen molar-refractivity contribution in [3.63, 3.8) is 0 Å². The van der Waals surface area contributed by atoms with Gasteiger partial charge in [-0.3, -0.25) is 4.79 Å². The van der Waals surface area contributed by atoms with Crippen LogP contribution in [-0.4, -0.2) is 137 Å². The van der Waals surface area contributed by atoms with Gasteiger partial charge in [0.2, 0.25) is 0 Å². The number of alkyl carbamates (subject to hydrolysis) is 1. The van der Waals surface area contributed by atoms with E-state index in [1.54, 1.807) is 41.7 Å². The van der Waals surface area contributed by atoms with Gasteiger partial charge in [-0.1, -0.05) is 51.9 Å². The Hall–Kier alpha value is -2.37. The van der Waals surface area contributed by atoms with Crippen molar-refractivity contribution < 1.29 is 58.2 Å². The molecular weight excluding hydrogens is 811 g/mol. The number of carbonyl (C=O) groups is 2. The summed E-state index contributed by atoms with van der Waals surface area (Å²) in [6.07, 6.45) is -2.98. The maximum absolute atomic E-state index is 14.8. The molecule has 4 rings (SSSR count).